The molecule has 2 aromatic rings. The van der Waals surface area contributed by atoms with E-state index in [1.807, 2.05) is 0 Å². The molecule has 162 valence electrons. The SMILES string of the molecule is O=C(O)NC1=N[C@@]2(c3ccc(F)c(NC(=O)c4ccc(Cl)cn4)c3)CCOCC2CS1. The number of pyridine rings is 1. The number of nitrogens with zero attached hydrogens (tertiary/aromatic N) is 2. The first-order valence-corrected chi connectivity index (χ1v) is 10.8. The minimum absolute atomic E-state index is 0.0139. The molecular formula is C20H18ClFN4O4S. The van der Waals surface area contributed by atoms with Gasteiger partial charge in [-0.25, -0.2) is 14.2 Å². The monoisotopic (exact) mass is 464 g/mol. The highest BCUT2D eigenvalue weighted by Gasteiger charge is 2.46. The number of benzene rings is 1. The molecule has 0 bridgehead atoms. The number of nitrogens with one attached hydrogen (secondary N) is 2. The fraction of sp³-hybridized carbons (Fsp3) is 0.300. The Morgan fingerprint density at radius 2 is 2.13 bits per heavy atom. The quantitative estimate of drug-likeness (QED) is 0.638. The minimum atomic E-state index is -1.20. The number of aromatic nitrogens is 1. The number of fused-ring (bicyclic) bond motifs is 1. The number of carbonyl (C=O) groups is 2. The Bertz CT molecular complexity index is 1050. The fourth-order valence-corrected chi connectivity index (χ4v) is 4.94. The van der Waals surface area contributed by atoms with Gasteiger partial charge in [-0.3, -0.25) is 15.1 Å². The molecule has 2 atom stereocenters. The number of anilines is 1. The summed E-state index contributed by atoms with van der Waals surface area (Å²) in [6, 6.07) is 7.39. The number of hydrogen-bond acceptors (Lipinski definition) is 6. The van der Waals surface area contributed by atoms with E-state index in [4.69, 9.17) is 26.4 Å². The van der Waals surface area contributed by atoms with Crippen LogP contribution in [0.2, 0.25) is 5.02 Å². The zero-order valence-corrected chi connectivity index (χ0v) is 17.7. The van der Waals surface area contributed by atoms with Crippen LogP contribution >= 0.6 is 23.4 Å². The van der Waals surface area contributed by atoms with Crippen LogP contribution in [0.4, 0.5) is 14.9 Å². The maximum absolute atomic E-state index is 14.5. The van der Waals surface area contributed by atoms with Crippen LogP contribution in [0.5, 0.6) is 0 Å². The third-order valence-electron chi connectivity index (χ3n) is 5.23. The van der Waals surface area contributed by atoms with E-state index < -0.39 is 23.4 Å². The van der Waals surface area contributed by atoms with E-state index in [9.17, 15) is 14.0 Å². The Labute approximate surface area is 186 Å². The van der Waals surface area contributed by atoms with Crippen molar-refractivity contribution in [3.63, 3.8) is 0 Å². The van der Waals surface area contributed by atoms with Crippen molar-refractivity contribution in [2.75, 3.05) is 24.3 Å². The van der Waals surface area contributed by atoms with Gasteiger partial charge in [0.15, 0.2) is 5.17 Å². The molecule has 0 saturated carbocycles. The molecule has 0 radical (unpaired) electrons. The molecule has 2 amide bonds. The number of amides is 2. The Hall–Kier alpha value is -2.69. The van der Waals surface area contributed by atoms with Gasteiger partial charge in [0.05, 0.1) is 22.9 Å². The topological polar surface area (TPSA) is 113 Å². The summed E-state index contributed by atoms with van der Waals surface area (Å²) >= 11 is 7.10. The Morgan fingerprint density at radius 1 is 1.29 bits per heavy atom. The van der Waals surface area contributed by atoms with Gasteiger partial charge in [0.25, 0.3) is 5.91 Å². The van der Waals surface area contributed by atoms with Gasteiger partial charge in [-0.1, -0.05) is 29.4 Å². The van der Waals surface area contributed by atoms with Gasteiger partial charge in [-0.2, -0.15) is 0 Å². The minimum Gasteiger partial charge on any atom is -0.465 e. The van der Waals surface area contributed by atoms with Crippen molar-refractivity contribution >= 4 is 46.2 Å². The molecule has 2 aliphatic heterocycles. The number of carbonyl (C=O) groups excluding carboxylic acids is 1. The molecule has 0 spiro atoms. The van der Waals surface area contributed by atoms with Crippen LogP contribution in [0, 0.1) is 11.7 Å². The van der Waals surface area contributed by atoms with Gasteiger partial charge < -0.3 is 15.2 Å². The first kappa shape index (κ1) is 21.5. The number of hydrogen-bond donors (Lipinski definition) is 3. The molecule has 3 N–H and O–H groups in total. The van der Waals surface area contributed by atoms with E-state index in [1.54, 1.807) is 12.1 Å². The van der Waals surface area contributed by atoms with E-state index in [0.717, 1.165) is 0 Å². The average molecular weight is 465 g/mol. The first-order chi connectivity index (χ1) is 14.9. The molecule has 4 rings (SSSR count). The zero-order chi connectivity index (χ0) is 22.0. The molecule has 2 aliphatic rings. The Kier molecular flexibility index (Phi) is 6.12. The number of halogens is 2. The summed E-state index contributed by atoms with van der Waals surface area (Å²) < 4.78 is 20.1. The van der Waals surface area contributed by atoms with Crippen LogP contribution in [0.1, 0.15) is 22.5 Å². The van der Waals surface area contributed by atoms with Crippen molar-refractivity contribution < 1.29 is 23.8 Å². The summed E-state index contributed by atoms with van der Waals surface area (Å²) in [5.74, 6) is -0.626. The maximum atomic E-state index is 14.5. The molecule has 1 aromatic carbocycles. The zero-order valence-electron chi connectivity index (χ0n) is 16.1. The Morgan fingerprint density at radius 3 is 2.87 bits per heavy atom. The van der Waals surface area contributed by atoms with E-state index in [1.165, 1.54) is 36.2 Å². The molecule has 3 heterocycles. The summed E-state index contributed by atoms with van der Waals surface area (Å²) in [6.45, 7) is 0.878. The van der Waals surface area contributed by atoms with Crippen molar-refractivity contribution in [1.29, 1.82) is 0 Å². The van der Waals surface area contributed by atoms with Crippen LogP contribution in [0.15, 0.2) is 41.5 Å². The summed E-state index contributed by atoms with van der Waals surface area (Å²) in [4.78, 5) is 32.3. The van der Waals surface area contributed by atoms with Crippen molar-refractivity contribution in [2.24, 2.45) is 10.9 Å². The third kappa shape index (κ3) is 4.51. The molecular weight excluding hydrogens is 447 g/mol. The number of rotatable bonds is 3. The van der Waals surface area contributed by atoms with Crippen LogP contribution in [0.25, 0.3) is 0 Å². The lowest BCUT2D eigenvalue weighted by atomic mass is 9.75. The summed E-state index contributed by atoms with van der Waals surface area (Å²) in [7, 11) is 0. The second kappa shape index (κ2) is 8.81. The lowest BCUT2D eigenvalue weighted by Gasteiger charge is -2.44. The van der Waals surface area contributed by atoms with Gasteiger partial charge in [-0.15, -0.1) is 0 Å². The molecule has 31 heavy (non-hydrogen) atoms. The average Bonchev–Trinajstić information content (AvgIpc) is 2.75. The fourth-order valence-electron chi connectivity index (χ4n) is 3.71. The molecule has 8 nitrogen and oxygen atoms in total. The van der Waals surface area contributed by atoms with E-state index >= 15 is 0 Å². The van der Waals surface area contributed by atoms with Crippen LogP contribution in [-0.4, -0.2) is 46.2 Å². The predicted molar refractivity (Wildman–Crippen MR) is 115 cm³/mol. The summed E-state index contributed by atoms with van der Waals surface area (Å²) in [5.41, 5.74) is -0.0320. The van der Waals surface area contributed by atoms with Crippen molar-refractivity contribution in [3.05, 3.63) is 58.6 Å². The van der Waals surface area contributed by atoms with Crippen molar-refractivity contribution in [2.45, 2.75) is 12.0 Å². The van der Waals surface area contributed by atoms with Crippen LogP contribution < -0.4 is 10.6 Å². The number of aliphatic imine (C=N–C) groups is 1. The highest BCUT2D eigenvalue weighted by atomic mass is 35.5. The normalized spacial score (nSPS) is 22.8. The van der Waals surface area contributed by atoms with Gasteiger partial charge in [0.1, 0.15) is 11.5 Å². The van der Waals surface area contributed by atoms with Crippen molar-refractivity contribution in [1.82, 2.24) is 10.3 Å². The van der Waals surface area contributed by atoms with Gasteiger partial charge >= 0.3 is 6.09 Å². The molecule has 1 fully saturated rings. The number of amidine groups is 1. The number of thioether (sulfide) groups is 1. The van der Waals surface area contributed by atoms with Crippen LogP contribution in [0.3, 0.4) is 0 Å². The van der Waals surface area contributed by atoms with Crippen molar-refractivity contribution in [3.8, 4) is 0 Å². The summed E-state index contributed by atoms with van der Waals surface area (Å²) in [6.07, 6.45) is 0.635. The van der Waals surface area contributed by atoms with Gasteiger partial charge in [0, 0.05) is 30.9 Å². The summed E-state index contributed by atoms with van der Waals surface area (Å²) in [5, 5.41) is 14.6. The second-order valence-electron chi connectivity index (χ2n) is 7.11. The van der Waals surface area contributed by atoms with Crippen LogP contribution in [-0.2, 0) is 10.3 Å². The maximum Gasteiger partial charge on any atom is 0.410 e. The molecule has 1 unspecified atom stereocenters. The highest BCUT2D eigenvalue weighted by Crippen LogP contribution is 2.46. The lowest BCUT2D eigenvalue weighted by Crippen LogP contribution is -2.47. The smallest absolute Gasteiger partial charge is 0.410 e. The number of ether oxygens (including phenoxy) is 1. The standard InChI is InChI=1S/C20H18ClFN4O4S/c21-13-2-4-15(23-8-13)17(27)24-16-7-11(1-3-14(16)22)20-5-6-30-9-12(20)10-31-18(26-20)25-19(28)29/h1-4,7-8,12H,5-6,9-10H2,(H,24,27)(H,25,26)(H,28,29)/t12?,20-/m1/s1. The van der Waals surface area contributed by atoms with E-state index in [-0.39, 0.29) is 22.5 Å². The van der Waals surface area contributed by atoms with E-state index in [0.29, 0.717) is 36.0 Å². The Balaban J connectivity index is 1.68. The first-order valence-electron chi connectivity index (χ1n) is 9.41. The third-order valence-corrected chi connectivity index (χ3v) is 6.49. The van der Waals surface area contributed by atoms with E-state index in [2.05, 4.69) is 15.6 Å². The molecule has 1 saturated heterocycles. The number of carboxylic acid groups (broad SMARTS) is 1. The predicted octanol–water partition coefficient (Wildman–Crippen LogP) is 3.73. The molecule has 1 aromatic heterocycles. The lowest BCUT2D eigenvalue weighted by molar-refractivity contribution is 0.01000. The second-order valence-corrected chi connectivity index (χ2v) is 8.56. The molecule has 11 heteroatoms. The molecule has 0 aliphatic carbocycles. The van der Waals surface area contributed by atoms with Gasteiger partial charge in [0.2, 0.25) is 0 Å². The van der Waals surface area contributed by atoms with Gasteiger partial charge in [-0.05, 0) is 29.8 Å². The highest BCUT2D eigenvalue weighted by molar-refractivity contribution is 8.13. The largest absolute Gasteiger partial charge is 0.465 e.